The average molecular weight is 246 g/mol. The SMILES string of the molecule is O=C(O)COCCNC(=O)Nc1cnns1. The van der Waals surface area contributed by atoms with Gasteiger partial charge in [-0.2, -0.15) is 0 Å². The lowest BCUT2D eigenvalue weighted by Crippen LogP contribution is -2.31. The van der Waals surface area contributed by atoms with Crippen LogP contribution in [0.15, 0.2) is 6.20 Å². The number of carbonyl (C=O) groups is 2. The molecule has 3 N–H and O–H groups in total. The van der Waals surface area contributed by atoms with Crippen molar-refractivity contribution >= 4 is 28.5 Å². The average Bonchev–Trinajstić information content (AvgIpc) is 2.69. The molecule has 0 aliphatic rings. The third-order valence-corrected chi connectivity index (χ3v) is 1.94. The highest BCUT2D eigenvalue weighted by Gasteiger charge is 2.02. The van der Waals surface area contributed by atoms with Gasteiger partial charge in [0.1, 0.15) is 11.6 Å². The summed E-state index contributed by atoms with van der Waals surface area (Å²) < 4.78 is 8.28. The number of anilines is 1. The first-order chi connectivity index (χ1) is 7.68. The largest absolute Gasteiger partial charge is 0.480 e. The van der Waals surface area contributed by atoms with Crippen LogP contribution < -0.4 is 10.6 Å². The number of aliphatic carboxylic acids is 1. The van der Waals surface area contributed by atoms with Gasteiger partial charge in [0.25, 0.3) is 0 Å². The van der Waals surface area contributed by atoms with Crippen LogP contribution >= 0.6 is 11.5 Å². The summed E-state index contributed by atoms with van der Waals surface area (Å²) in [6.45, 7) is -0.00588. The molecule has 0 unspecified atom stereocenters. The number of nitrogens with zero attached hydrogens (tertiary/aromatic N) is 2. The standard InChI is InChI=1S/C7H10N4O4S/c12-6(13)4-15-2-1-8-7(14)10-5-3-9-11-16-5/h3H,1-2,4H2,(H,12,13)(H2,8,10,14). The van der Waals surface area contributed by atoms with Crippen molar-refractivity contribution in [3.05, 3.63) is 6.20 Å². The molecule has 88 valence electrons. The van der Waals surface area contributed by atoms with Gasteiger partial charge in [0.05, 0.1) is 12.8 Å². The van der Waals surface area contributed by atoms with Gasteiger partial charge in [0, 0.05) is 18.1 Å². The van der Waals surface area contributed by atoms with Gasteiger partial charge in [-0.15, -0.1) is 5.10 Å². The summed E-state index contributed by atoms with van der Waals surface area (Å²) in [5, 5.41) is 17.3. The summed E-state index contributed by atoms with van der Waals surface area (Å²) in [6, 6.07) is -0.412. The van der Waals surface area contributed by atoms with Crippen LogP contribution in [-0.4, -0.2) is 46.5 Å². The van der Waals surface area contributed by atoms with E-state index < -0.39 is 12.0 Å². The number of carboxylic acids is 1. The second kappa shape index (κ2) is 6.69. The van der Waals surface area contributed by atoms with Gasteiger partial charge in [-0.1, -0.05) is 4.49 Å². The Hall–Kier alpha value is -1.74. The number of carbonyl (C=O) groups excluding carboxylic acids is 1. The molecule has 0 saturated heterocycles. The van der Waals surface area contributed by atoms with E-state index in [0.29, 0.717) is 5.00 Å². The molecule has 1 rings (SSSR count). The third kappa shape index (κ3) is 5.22. The molecule has 1 aromatic heterocycles. The van der Waals surface area contributed by atoms with Gasteiger partial charge in [-0.25, -0.2) is 9.59 Å². The molecule has 0 aromatic carbocycles. The lowest BCUT2D eigenvalue weighted by Gasteiger charge is -2.04. The second-order valence-electron chi connectivity index (χ2n) is 2.61. The van der Waals surface area contributed by atoms with Gasteiger partial charge in [0.2, 0.25) is 0 Å². The molecular formula is C7H10N4O4S. The smallest absolute Gasteiger partial charge is 0.329 e. The van der Waals surface area contributed by atoms with Crippen LogP contribution in [-0.2, 0) is 9.53 Å². The lowest BCUT2D eigenvalue weighted by molar-refractivity contribution is -0.142. The zero-order valence-corrected chi connectivity index (χ0v) is 8.99. The Labute approximate surface area is 94.8 Å². The van der Waals surface area contributed by atoms with E-state index in [2.05, 4.69) is 20.2 Å². The lowest BCUT2D eigenvalue weighted by atomic mass is 10.6. The number of hydrogen-bond donors (Lipinski definition) is 3. The van der Waals surface area contributed by atoms with Crippen molar-refractivity contribution in [3.63, 3.8) is 0 Å². The van der Waals surface area contributed by atoms with Gasteiger partial charge >= 0.3 is 12.0 Å². The molecule has 9 heteroatoms. The number of nitrogens with one attached hydrogen (secondary N) is 2. The van der Waals surface area contributed by atoms with Crippen molar-refractivity contribution in [1.82, 2.24) is 14.9 Å². The number of urea groups is 1. The maximum absolute atomic E-state index is 11.2. The molecule has 0 aliphatic heterocycles. The summed E-state index contributed by atoms with van der Waals surface area (Å²) in [5.41, 5.74) is 0. The molecule has 0 atom stereocenters. The first-order valence-corrected chi connectivity index (χ1v) is 5.07. The van der Waals surface area contributed by atoms with E-state index in [1.54, 1.807) is 0 Å². The minimum absolute atomic E-state index is 0.140. The summed E-state index contributed by atoms with van der Waals surface area (Å²) in [6.07, 6.45) is 1.42. The number of hydrogen-bond acceptors (Lipinski definition) is 6. The molecule has 0 aliphatic carbocycles. The normalized spacial score (nSPS) is 9.75. The van der Waals surface area contributed by atoms with E-state index in [-0.39, 0.29) is 19.8 Å². The van der Waals surface area contributed by atoms with Gasteiger partial charge in [0.15, 0.2) is 0 Å². The van der Waals surface area contributed by atoms with Crippen molar-refractivity contribution in [2.45, 2.75) is 0 Å². The number of amides is 2. The molecule has 1 aromatic rings. The van der Waals surface area contributed by atoms with E-state index in [9.17, 15) is 9.59 Å². The first-order valence-electron chi connectivity index (χ1n) is 4.30. The highest BCUT2D eigenvalue weighted by molar-refractivity contribution is 7.10. The Kier molecular flexibility index (Phi) is 5.16. The van der Waals surface area contributed by atoms with Crippen molar-refractivity contribution in [2.75, 3.05) is 25.1 Å². The number of ether oxygens (including phenoxy) is 1. The van der Waals surface area contributed by atoms with Crippen LogP contribution in [0, 0.1) is 0 Å². The fourth-order valence-electron chi connectivity index (χ4n) is 0.775. The van der Waals surface area contributed by atoms with Crippen molar-refractivity contribution in [1.29, 1.82) is 0 Å². The quantitative estimate of drug-likeness (QED) is 0.597. The van der Waals surface area contributed by atoms with E-state index in [1.807, 2.05) is 0 Å². The second-order valence-corrected chi connectivity index (χ2v) is 3.39. The van der Waals surface area contributed by atoms with Crippen molar-refractivity contribution in [2.24, 2.45) is 0 Å². The van der Waals surface area contributed by atoms with E-state index in [1.165, 1.54) is 6.20 Å². The summed E-state index contributed by atoms with van der Waals surface area (Å²) in [4.78, 5) is 21.2. The molecule has 0 saturated carbocycles. The molecule has 0 radical (unpaired) electrons. The Morgan fingerprint density at radius 2 is 2.38 bits per heavy atom. The number of aromatic nitrogens is 2. The molecule has 2 amide bonds. The Morgan fingerprint density at radius 1 is 1.56 bits per heavy atom. The highest BCUT2D eigenvalue weighted by atomic mass is 32.1. The van der Waals surface area contributed by atoms with Crippen LogP contribution in [0.1, 0.15) is 0 Å². The van der Waals surface area contributed by atoms with Crippen LogP contribution in [0.3, 0.4) is 0 Å². The minimum atomic E-state index is -1.04. The molecule has 0 spiro atoms. The predicted octanol–water partition coefficient (Wildman–Crippen LogP) is -0.239. The summed E-state index contributed by atoms with van der Waals surface area (Å²) in [7, 11) is 0. The Balaban J connectivity index is 2.05. The van der Waals surface area contributed by atoms with Crippen LogP contribution in [0.5, 0.6) is 0 Å². The Morgan fingerprint density at radius 3 is 3.00 bits per heavy atom. The maximum atomic E-state index is 11.2. The number of carboxylic acid groups (broad SMARTS) is 1. The molecule has 0 fully saturated rings. The topological polar surface area (TPSA) is 113 Å². The highest BCUT2D eigenvalue weighted by Crippen LogP contribution is 2.07. The van der Waals surface area contributed by atoms with Crippen LogP contribution in [0.2, 0.25) is 0 Å². The molecule has 0 bridgehead atoms. The molecule has 16 heavy (non-hydrogen) atoms. The maximum Gasteiger partial charge on any atom is 0.329 e. The predicted molar refractivity (Wildman–Crippen MR) is 55.4 cm³/mol. The monoisotopic (exact) mass is 246 g/mol. The first kappa shape index (κ1) is 12.3. The van der Waals surface area contributed by atoms with Crippen LogP contribution in [0.25, 0.3) is 0 Å². The van der Waals surface area contributed by atoms with Gasteiger partial charge in [-0.05, 0) is 0 Å². The summed E-state index contributed by atoms with van der Waals surface area (Å²) in [5.74, 6) is -1.04. The fraction of sp³-hybridized carbons (Fsp3) is 0.429. The molecule has 8 nitrogen and oxygen atoms in total. The van der Waals surface area contributed by atoms with Crippen LogP contribution in [0.4, 0.5) is 9.80 Å². The minimum Gasteiger partial charge on any atom is -0.480 e. The Bertz CT molecular complexity index is 342. The zero-order valence-electron chi connectivity index (χ0n) is 8.17. The van der Waals surface area contributed by atoms with Gasteiger partial charge < -0.3 is 15.2 Å². The molecular weight excluding hydrogens is 236 g/mol. The molecule has 1 heterocycles. The van der Waals surface area contributed by atoms with E-state index >= 15 is 0 Å². The van der Waals surface area contributed by atoms with Gasteiger partial charge in [-0.3, -0.25) is 5.32 Å². The van der Waals surface area contributed by atoms with Crippen molar-refractivity contribution < 1.29 is 19.4 Å². The fourth-order valence-corrected chi connectivity index (χ4v) is 1.19. The number of rotatable bonds is 6. The zero-order chi connectivity index (χ0) is 11.8. The van der Waals surface area contributed by atoms with E-state index in [0.717, 1.165) is 11.5 Å². The van der Waals surface area contributed by atoms with Crippen molar-refractivity contribution in [3.8, 4) is 0 Å². The van der Waals surface area contributed by atoms with E-state index in [4.69, 9.17) is 9.84 Å². The summed E-state index contributed by atoms with van der Waals surface area (Å²) >= 11 is 1.06. The third-order valence-electron chi connectivity index (χ3n) is 1.36.